The smallest absolute Gasteiger partial charge is 0.853 e. The van der Waals surface area contributed by atoms with Crippen LogP contribution in [0.3, 0.4) is 0 Å². The standard InChI is InChI=1S/C8H14NO.C6H9F3O.K/c10-7-8-3-1-5-9(8)6-2-4-8;1-10-5(4-2-3-4)6(7,8)9;/h1-7H2;4-5H,2-3H2,1H3;/q-1;;+1. The number of nitrogens with zero attached hydrogens (tertiary/aromatic N) is 1. The molecule has 0 bridgehead atoms. The van der Waals surface area contributed by atoms with Crippen molar-refractivity contribution in [3.63, 3.8) is 0 Å². The summed E-state index contributed by atoms with van der Waals surface area (Å²) >= 11 is 0. The Labute approximate surface area is 167 Å². The molecule has 1 saturated carbocycles. The largest absolute Gasteiger partial charge is 1.00 e. The van der Waals surface area contributed by atoms with Gasteiger partial charge < -0.3 is 9.84 Å². The van der Waals surface area contributed by atoms with Crippen LogP contribution in [-0.4, -0.2) is 49.5 Å². The molecule has 118 valence electrons. The van der Waals surface area contributed by atoms with Gasteiger partial charge >= 0.3 is 57.6 Å². The molecule has 1 atom stereocenters. The van der Waals surface area contributed by atoms with Gasteiger partial charge in [0.1, 0.15) is 0 Å². The molecule has 1 aliphatic carbocycles. The van der Waals surface area contributed by atoms with E-state index >= 15 is 0 Å². The zero-order valence-electron chi connectivity index (χ0n) is 12.9. The van der Waals surface area contributed by atoms with E-state index in [1.165, 1.54) is 25.9 Å². The van der Waals surface area contributed by atoms with E-state index in [-0.39, 0.29) is 69.4 Å². The van der Waals surface area contributed by atoms with Gasteiger partial charge in [-0.05, 0) is 57.5 Å². The first kappa shape index (κ1) is 20.4. The topological polar surface area (TPSA) is 35.5 Å². The molecule has 0 radical (unpaired) electrons. The molecule has 3 nitrogen and oxygen atoms in total. The van der Waals surface area contributed by atoms with E-state index in [1.54, 1.807) is 0 Å². The second kappa shape index (κ2) is 8.42. The van der Waals surface area contributed by atoms with Crippen molar-refractivity contribution in [1.29, 1.82) is 0 Å². The summed E-state index contributed by atoms with van der Waals surface area (Å²) in [4.78, 5) is 2.40. The van der Waals surface area contributed by atoms with Gasteiger partial charge in [0.05, 0.1) is 0 Å². The quantitative estimate of drug-likeness (QED) is 0.619. The summed E-state index contributed by atoms with van der Waals surface area (Å²) in [6.07, 6.45) is 0.441. The van der Waals surface area contributed by atoms with Gasteiger partial charge in [-0.15, -0.1) is 6.61 Å². The van der Waals surface area contributed by atoms with Crippen LogP contribution < -0.4 is 56.5 Å². The Kier molecular flexibility index (Phi) is 8.16. The van der Waals surface area contributed by atoms with E-state index in [1.807, 2.05) is 0 Å². The number of methoxy groups -OCH3 is 1. The summed E-state index contributed by atoms with van der Waals surface area (Å²) < 4.78 is 40.0. The minimum absolute atomic E-state index is 0. The first-order valence-corrected chi connectivity index (χ1v) is 7.35. The van der Waals surface area contributed by atoms with Gasteiger partial charge in [0.2, 0.25) is 0 Å². The summed E-state index contributed by atoms with van der Waals surface area (Å²) in [5.74, 6) is -0.273. The van der Waals surface area contributed by atoms with Crippen LogP contribution in [-0.2, 0) is 4.74 Å². The molecule has 2 aliphatic heterocycles. The van der Waals surface area contributed by atoms with Crippen LogP contribution in [0.1, 0.15) is 38.5 Å². The van der Waals surface area contributed by atoms with Crippen molar-refractivity contribution in [3.8, 4) is 0 Å². The molecule has 0 spiro atoms. The molecule has 0 amide bonds. The number of halogens is 3. The second-order valence-electron chi connectivity index (χ2n) is 6.10. The van der Waals surface area contributed by atoms with E-state index in [0.717, 1.165) is 20.0 Å². The van der Waals surface area contributed by atoms with Crippen molar-refractivity contribution in [1.82, 2.24) is 4.90 Å². The Balaban J connectivity index is 0.000000200. The first-order chi connectivity index (χ1) is 9.43. The molecule has 1 unspecified atom stereocenters. The van der Waals surface area contributed by atoms with Crippen molar-refractivity contribution < 1.29 is 74.4 Å². The Morgan fingerprint density at radius 1 is 1.24 bits per heavy atom. The molecule has 0 aromatic heterocycles. The molecule has 0 aromatic rings. The van der Waals surface area contributed by atoms with Gasteiger partial charge in [0.15, 0.2) is 6.10 Å². The molecular weight excluding hydrogens is 310 g/mol. The molecule has 3 fully saturated rings. The zero-order valence-corrected chi connectivity index (χ0v) is 16.0. The maximum absolute atomic E-state index is 11.9. The Morgan fingerprint density at radius 2 is 1.76 bits per heavy atom. The van der Waals surface area contributed by atoms with Crippen LogP contribution in [0.25, 0.3) is 0 Å². The second-order valence-corrected chi connectivity index (χ2v) is 6.10. The Bertz CT molecular complexity index is 314. The first-order valence-electron chi connectivity index (χ1n) is 7.35. The summed E-state index contributed by atoms with van der Waals surface area (Å²) in [5, 5.41) is 10.9. The molecule has 3 rings (SSSR count). The minimum Gasteiger partial charge on any atom is -0.853 e. The number of rotatable bonds is 3. The average molecular weight is 333 g/mol. The van der Waals surface area contributed by atoms with Gasteiger partial charge in [-0.1, -0.05) is 0 Å². The SMILES string of the molecule is COC(C1CC1)C(F)(F)F.[K+].[O-]CC12CCCN1CCC2. The fourth-order valence-corrected chi connectivity index (χ4v) is 3.45. The molecule has 21 heavy (non-hydrogen) atoms. The van der Waals surface area contributed by atoms with Crippen molar-refractivity contribution in [2.24, 2.45) is 5.92 Å². The molecule has 7 heteroatoms. The van der Waals surface area contributed by atoms with Crippen LogP contribution in [0.15, 0.2) is 0 Å². The number of hydrogen-bond donors (Lipinski definition) is 0. The average Bonchev–Trinajstić information content (AvgIpc) is 2.98. The predicted octanol–water partition coefficient (Wildman–Crippen LogP) is -1.05. The molecular formula is C14H23F3KNO2. The van der Waals surface area contributed by atoms with Crippen molar-refractivity contribution >= 4 is 0 Å². The van der Waals surface area contributed by atoms with Crippen molar-refractivity contribution in [2.45, 2.75) is 56.3 Å². The van der Waals surface area contributed by atoms with E-state index in [9.17, 15) is 18.3 Å². The summed E-state index contributed by atoms with van der Waals surface area (Å²) in [6, 6.07) is 0. The fourth-order valence-electron chi connectivity index (χ4n) is 3.45. The van der Waals surface area contributed by atoms with Gasteiger partial charge in [0, 0.05) is 12.6 Å². The van der Waals surface area contributed by atoms with Gasteiger partial charge in [-0.3, -0.25) is 4.90 Å². The van der Waals surface area contributed by atoms with Crippen LogP contribution in [0.4, 0.5) is 13.2 Å². The zero-order chi connectivity index (χ0) is 14.8. The number of alkyl halides is 3. The number of fused-ring (bicyclic) bond motifs is 1. The van der Waals surface area contributed by atoms with E-state index in [4.69, 9.17) is 0 Å². The van der Waals surface area contributed by atoms with E-state index in [2.05, 4.69) is 9.64 Å². The molecule has 2 saturated heterocycles. The normalized spacial score (nSPS) is 25.6. The predicted molar refractivity (Wildman–Crippen MR) is 67.2 cm³/mol. The van der Waals surface area contributed by atoms with Crippen LogP contribution in [0.2, 0.25) is 0 Å². The van der Waals surface area contributed by atoms with Gasteiger partial charge in [-0.2, -0.15) is 13.2 Å². The Hall–Kier alpha value is 1.31. The van der Waals surface area contributed by atoms with E-state index in [0.29, 0.717) is 12.8 Å². The minimum atomic E-state index is -4.17. The van der Waals surface area contributed by atoms with Crippen LogP contribution >= 0.6 is 0 Å². The molecule has 0 N–H and O–H groups in total. The van der Waals surface area contributed by atoms with Gasteiger partial charge in [-0.25, -0.2) is 0 Å². The third kappa shape index (κ3) is 5.14. The summed E-state index contributed by atoms with van der Waals surface area (Å²) in [5.41, 5.74) is 0.125. The van der Waals surface area contributed by atoms with Gasteiger partial charge in [0.25, 0.3) is 0 Å². The number of hydrogen-bond acceptors (Lipinski definition) is 3. The van der Waals surface area contributed by atoms with Crippen molar-refractivity contribution in [3.05, 3.63) is 0 Å². The summed E-state index contributed by atoms with van der Waals surface area (Å²) in [6.45, 7) is 2.50. The third-order valence-electron chi connectivity index (χ3n) is 4.71. The Morgan fingerprint density at radius 3 is 2.00 bits per heavy atom. The molecule has 3 aliphatic rings. The molecule has 2 heterocycles. The number of ether oxygens (including phenoxy) is 1. The van der Waals surface area contributed by atoms with E-state index < -0.39 is 12.3 Å². The monoisotopic (exact) mass is 333 g/mol. The van der Waals surface area contributed by atoms with Crippen molar-refractivity contribution in [2.75, 3.05) is 26.8 Å². The maximum atomic E-state index is 11.9. The summed E-state index contributed by atoms with van der Waals surface area (Å²) in [7, 11) is 1.11. The molecule has 0 aromatic carbocycles. The third-order valence-corrected chi connectivity index (χ3v) is 4.71. The van der Waals surface area contributed by atoms with Crippen LogP contribution in [0.5, 0.6) is 0 Å². The van der Waals surface area contributed by atoms with Crippen LogP contribution in [0, 0.1) is 5.92 Å². The fraction of sp³-hybridized carbons (Fsp3) is 1.00. The maximum Gasteiger partial charge on any atom is 1.00 e.